The molecule has 1 atom stereocenters. The number of aliphatic hydroxyl groups excluding tert-OH is 1. The van der Waals surface area contributed by atoms with Crippen LogP contribution < -0.4 is 9.64 Å². The van der Waals surface area contributed by atoms with Gasteiger partial charge in [0.1, 0.15) is 29.1 Å². The van der Waals surface area contributed by atoms with Gasteiger partial charge < -0.3 is 14.3 Å². The molecule has 0 radical (unpaired) electrons. The number of methoxy groups -OCH3 is 1. The minimum atomic E-state index is -1.02. The molecule has 0 bridgehead atoms. The van der Waals surface area contributed by atoms with Gasteiger partial charge in [-0.25, -0.2) is 4.39 Å². The summed E-state index contributed by atoms with van der Waals surface area (Å²) in [6.07, 6.45) is 1.42. The number of benzene rings is 2. The summed E-state index contributed by atoms with van der Waals surface area (Å²) < 4.78 is 24.7. The fourth-order valence-electron chi connectivity index (χ4n) is 3.70. The molecule has 1 aliphatic heterocycles. The SMILES string of the molecule is COc1ccc(F)cc1/C(O)=C1/C(=O)C(=O)N(c2ccc(C)c(C)c2)C1c1ccco1. The highest BCUT2D eigenvalue weighted by Gasteiger charge is 2.48. The predicted octanol–water partition coefficient (Wildman–Crippen LogP) is 4.67. The maximum atomic E-state index is 13.9. The number of carbonyl (C=O) groups excluding carboxylic acids is 2. The lowest BCUT2D eigenvalue weighted by atomic mass is 9.98. The molecule has 1 saturated heterocycles. The molecule has 4 rings (SSSR count). The lowest BCUT2D eigenvalue weighted by Crippen LogP contribution is -2.29. The van der Waals surface area contributed by atoms with Crippen molar-refractivity contribution in [2.24, 2.45) is 0 Å². The van der Waals surface area contributed by atoms with Gasteiger partial charge in [0.2, 0.25) is 0 Å². The maximum Gasteiger partial charge on any atom is 0.300 e. The summed E-state index contributed by atoms with van der Waals surface area (Å²) in [5.41, 5.74) is 2.21. The Morgan fingerprint density at radius 1 is 1.10 bits per heavy atom. The van der Waals surface area contributed by atoms with E-state index in [9.17, 15) is 19.1 Å². The van der Waals surface area contributed by atoms with E-state index in [4.69, 9.17) is 9.15 Å². The largest absolute Gasteiger partial charge is 0.507 e. The zero-order valence-electron chi connectivity index (χ0n) is 17.2. The van der Waals surface area contributed by atoms with Crippen molar-refractivity contribution in [1.29, 1.82) is 0 Å². The Labute approximate surface area is 178 Å². The lowest BCUT2D eigenvalue weighted by Gasteiger charge is -2.24. The van der Waals surface area contributed by atoms with Gasteiger partial charge in [-0.3, -0.25) is 14.5 Å². The van der Waals surface area contributed by atoms with Crippen molar-refractivity contribution in [3.8, 4) is 5.75 Å². The first kappa shape index (κ1) is 20.4. The number of aryl methyl sites for hydroxylation is 2. The van der Waals surface area contributed by atoms with Gasteiger partial charge in [0, 0.05) is 5.69 Å². The van der Waals surface area contributed by atoms with Gasteiger partial charge in [0.25, 0.3) is 11.7 Å². The summed E-state index contributed by atoms with van der Waals surface area (Å²) in [5.74, 6) is -2.43. The molecular formula is C24H20FNO5. The average Bonchev–Trinajstić information content (AvgIpc) is 3.37. The Balaban J connectivity index is 1.97. The summed E-state index contributed by atoms with van der Waals surface area (Å²) in [6.45, 7) is 3.84. The van der Waals surface area contributed by atoms with Crippen LogP contribution in [0.4, 0.5) is 10.1 Å². The third kappa shape index (κ3) is 3.38. The topological polar surface area (TPSA) is 80.0 Å². The number of ether oxygens (including phenoxy) is 1. The fraction of sp³-hybridized carbons (Fsp3) is 0.167. The van der Waals surface area contributed by atoms with Crippen LogP contribution in [-0.4, -0.2) is 23.9 Å². The first-order valence-corrected chi connectivity index (χ1v) is 9.59. The molecule has 0 saturated carbocycles. The van der Waals surface area contributed by atoms with Gasteiger partial charge in [0.15, 0.2) is 0 Å². The Bertz CT molecular complexity index is 1210. The Morgan fingerprint density at radius 3 is 2.52 bits per heavy atom. The number of aliphatic hydroxyl groups is 1. The Morgan fingerprint density at radius 2 is 1.87 bits per heavy atom. The van der Waals surface area contributed by atoms with E-state index in [-0.39, 0.29) is 22.6 Å². The summed E-state index contributed by atoms with van der Waals surface area (Å²) >= 11 is 0. The molecule has 2 aromatic carbocycles. The molecule has 1 unspecified atom stereocenters. The quantitative estimate of drug-likeness (QED) is 0.376. The molecule has 0 aliphatic carbocycles. The molecule has 1 aliphatic rings. The van der Waals surface area contributed by atoms with Crippen LogP contribution in [0.2, 0.25) is 0 Å². The highest BCUT2D eigenvalue weighted by atomic mass is 19.1. The van der Waals surface area contributed by atoms with Crippen molar-refractivity contribution >= 4 is 23.1 Å². The highest BCUT2D eigenvalue weighted by Crippen LogP contribution is 2.43. The van der Waals surface area contributed by atoms with Gasteiger partial charge in [-0.1, -0.05) is 6.07 Å². The predicted molar refractivity (Wildman–Crippen MR) is 112 cm³/mol. The number of rotatable bonds is 4. The molecule has 1 aromatic heterocycles. The second-order valence-corrected chi connectivity index (χ2v) is 7.30. The van der Waals surface area contributed by atoms with E-state index in [1.54, 1.807) is 24.3 Å². The minimum Gasteiger partial charge on any atom is -0.507 e. The van der Waals surface area contributed by atoms with E-state index in [2.05, 4.69) is 0 Å². The van der Waals surface area contributed by atoms with Crippen molar-refractivity contribution < 1.29 is 28.2 Å². The number of nitrogens with zero attached hydrogens (tertiary/aromatic N) is 1. The normalized spacial score (nSPS) is 17.9. The monoisotopic (exact) mass is 421 g/mol. The number of amides is 1. The third-order valence-electron chi connectivity index (χ3n) is 5.44. The second-order valence-electron chi connectivity index (χ2n) is 7.30. The smallest absolute Gasteiger partial charge is 0.300 e. The van der Waals surface area contributed by atoms with Crippen LogP contribution in [0.15, 0.2) is 64.8 Å². The van der Waals surface area contributed by atoms with Gasteiger partial charge in [-0.15, -0.1) is 0 Å². The van der Waals surface area contributed by atoms with E-state index < -0.39 is 29.3 Å². The van der Waals surface area contributed by atoms with Crippen molar-refractivity contribution in [2.45, 2.75) is 19.9 Å². The number of halogens is 1. The highest BCUT2D eigenvalue weighted by molar-refractivity contribution is 6.51. The first-order chi connectivity index (χ1) is 14.8. The van der Waals surface area contributed by atoms with E-state index in [1.165, 1.54) is 30.4 Å². The number of ketones is 1. The summed E-state index contributed by atoms with van der Waals surface area (Å²) in [4.78, 5) is 27.4. The molecule has 1 N–H and O–H groups in total. The number of anilines is 1. The van der Waals surface area contributed by atoms with Crippen molar-refractivity contribution in [3.05, 3.63) is 88.6 Å². The number of hydrogen-bond donors (Lipinski definition) is 1. The van der Waals surface area contributed by atoms with E-state index in [0.717, 1.165) is 17.2 Å². The summed E-state index contributed by atoms with van der Waals surface area (Å²) in [6, 6.07) is 11.1. The van der Waals surface area contributed by atoms with Gasteiger partial charge >= 0.3 is 0 Å². The molecule has 3 aromatic rings. The van der Waals surface area contributed by atoms with Crippen molar-refractivity contribution in [3.63, 3.8) is 0 Å². The standard InChI is InChI=1S/C24H20FNO5/c1-13-6-8-16(11-14(13)2)26-21(19-5-4-10-31-19)20(23(28)24(26)29)22(27)17-12-15(25)7-9-18(17)30-3/h4-12,21,27H,1-3H3/b22-20-. The Kier molecular flexibility index (Phi) is 5.10. The molecule has 6 nitrogen and oxygen atoms in total. The maximum absolute atomic E-state index is 13.9. The van der Waals surface area contributed by atoms with Gasteiger partial charge in [-0.05, 0) is 67.4 Å². The van der Waals surface area contributed by atoms with Gasteiger partial charge in [-0.2, -0.15) is 0 Å². The summed E-state index contributed by atoms with van der Waals surface area (Å²) in [5, 5.41) is 11.1. The van der Waals surface area contributed by atoms with E-state index in [1.807, 2.05) is 19.9 Å². The van der Waals surface area contributed by atoms with Crippen LogP contribution in [0.25, 0.3) is 5.76 Å². The van der Waals surface area contributed by atoms with Crippen LogP contribution in [0.1, 0.15) is 28.5 Å². The zero-order chi connectivity index (χ0) is 22.3. The molecule has 1 fully saturated rings. The van der Waals surface area contributed by atoms with Crippen LogP contribution in [0, 0.1) is 19.7 Å². The fourth-order valence-corrected chi connectivity index (χ4v) is 3.70. The van der Waals surface area contributed by atoms with Crippen LogP contribution in [-0.2, 0) is 9.59 Å². The van der Waals surface area contributed by atoms with Crippen LogP contribution >= 0.6 is 0 Å². The zero-order valence-corrected chi connectivity index (χ0v) is 17.2. The molecule has 158 valence electrons. The van der Waals surface area contributed by atoms with Crippen molar-refractivity contribution in [2.75, 3.05) is 12.0 Å². The molecular weight excluding hydrogens is 401 g/mol. The lowest BCUT2D eigenvalue weighted by molar-refractivity contribution is -0.132. The van der Waals surface area contributed by atoms with E-state index in [0.29, 0.717) is 5.69 Å². The van der Waals surface area contributed by atoms with E-state index >= 15 is 0 Å². The minimum absolute atomic E-state index is 0.0304. The van der Waals surface area contributed by atoms with Crippen LogP contribution in [0.3, 0.4) is 0 Å². The molecule has 1 amide bonds. The average molecular weight is 421 g/mol. The first-order valence-electron chi connectivity index (χ1n) is 9.59. The van der Waals surface area contributed by atoms with Gasteiger partial charge in [0.05, 0.1) is 24.5 Å². The number of carbonyl (C=O) groups is 2. The Hall–Kier alpha value is -3.87. The molecule has 0 spiro atoms. The molecule has 2 heterocycles. The van der Waals surface area contributed by atoms with Crippen molar-refractivity contribution in [1.82, 2.24) is 0 Å². The number of furan rings is 1. The summed E-state index contributed by atoms with van der Waals surface area (Å²) in [7, 11) is 1.36. The number of hydrogen-bond acceptors (Lipinski definition) is 5. The third-order valence-corrected chi connectivity index (χ3v) is 5.44. The van der Waals surface area contributed by atoms with Crippen LogP contribution in [0.5, 0.6) is 5.75 Å². The molecule has 31 heavy (non-hydrogen) atoms. The second kappa shape index (κ2) is 7.75. The molecule has 7 heteroatoms. The number of Topliss-reactive ketones (excluding diaryl/α,β-unsaturated/α-hetero) is 1.